The van der Waals surface area contributed by atoms with Crippen LogP contribution in [-0.2, 0) is 17.8 Å². The Hall–Kier alpha value is -2.93. The number of hydrogen-bond donors (Lipinski definition) is 2. The summed E-state index contributed by atoms with van der Waals surface area (Å²) in [5.74, 6) is 0.403. The molecular formula is C22H26N4O2S. The normalized spacial score (nSPS) is 10.7. The van der Waals surface area contributed by atoms with E-state index < -0.39 is 0 Å². The Kier molecular flexibility index (Phi) is 7.58. The van der Waals surface area contributed by atoms with Crippen LogP contribution in [0.3, 0.4) is 0 Å². The number of nitrogens with zero attached hydrogens (tertiary/aromatic N) is 2. The maximum Gasteiger partial charge on any atom is 0.256 e. The van der Waals surface area contributed by atoms with E-state index >= 15 is 0 Å². The molecule has 0 aliphatic carbocycles. The lowest BCUT2D eigenvalue weighted by Gasteiger charge is -2.10. The number of aromatic nitrogens is 2. The molecule has 2 N–H and O–H groups in total. The predicted molar refractivity (Wildman–Crippen MR) is 117 cm³/mol. The van der Waals surface area contributed by atoms with E-state index in [1.54, 1.807) is 52.5 Å². The van der Waals surface area contributed by atoms with Gasteiger partial charge in [0.2, 0.25) is 5.91 Å². The highest BCUT2D eigenvalue weighted by molar-refractivity contribution is 7.09. The maximum atomic E-state index is 12.6. The van der Waals surface area contributed by atoms with Crippen molar-refractivity contribution in [3.8, 4) is 0 Å². The van der Waals surface area contributed by atoms with Gasteiger partial charge in [0.15, 0.2) is 0 Å². The molecule has 1 aromatic carbocycles. The molecular weight excluding hydrogens is 384 g/mol. The molecule has 2 heterocycles. The highest BCUT2D eigenvalue weighted by Crippen LogP contribution is 2.16. The quantitative estimate of drug-likeness (QED) is 0.496. The van der Waals surface area contributed by atoms with Crippen LogP contribution in [0.15, 0.2) is 54.0 Å². The fourth-order valence-electron chi connectivity index (χ4n) is 2.95. The van der Waals surface area contributed by atoms with Crippen molar-refractivity contribution < 1.29 is 9.59 Å². The first kappa shape index (κ1) is 20.8. The summed E-state index contributed by atoms with van der Waals surface area (Å²) >= 11 is 1.71. The van der Waals surface area contributed by atoms with Gasteiger partial charge >= 0.3 is 0 Å². The third-order valence-electron chi connectivity index (χ3n) is 4.50. The molecule has 0 aliphatic heterocycles. The van der Waals surface area contributed by atoms with Gasteiger partial charge in [-0.15, -0.1) is 11.3 Å². The Bertz CT molecular complexity index is 934. The average Bonchev–Trinajstić information content (AvgIpc) is 3.38. The van der Waals surface area contributed by atoms with Gasteiger partial charge in [0.1, 0.15) is 5.82 Å². The standard InChI is InChI=1S/C22H26N4O2S/c1-2-3-14-26-20(12-13-23-26)25-22(28)17-7-4-8-18(16-17)24-21(27)11-5-9-19-10-6-15-29-19/h4,6-8,10,12-13,15-16H,2-3,5,9,11,14H2,1H3,(H,24,27)(H,25,28). The van der Waals surface area contributed by atoms with Crippen molar-refractivity contribution in [2.24, 2.45) is 0 Å². The highest BCUT2D eigenvalue weighted by Gasteiger charge is 2.11. The Morgan fingerprint density at radius 1 is 1.10 bits per heavy atom. The van der Waals surface area contributed by atoms with Crippen LogP contribution >= 0.6 is 11.3 Å². The molecule has 7 heteroatoms. The van der Waals surface area contributed by atoms with E-state index in [-0.39, 0.29) is 11.8 Å². The Labute approximate surface area is 175 Å². The summed E-state index contributed by atoms with van der Waals surface area (Å²) in [4.78, 5) is 26.1. The maximum absolute atomic E-state index is 12.6. The molecule has 6 nitrogen and oxygen atoms in total. The van der Waals surface area contributed by atoms with Crippen molar-refractivity contribution in [1.29, 1.82) is 0 Å². The molecule has 2 aromatic heterocycles. The Morgan fingerprint density at radius 3 is 2.79 bits per heavy atom. The lowest BCUT2D eigenvalue weighted by atomic mass is 10.1. The number of carbonyl (C=O) groups excluding carboxylic acids is 2. The minimum Gasteiger partial charge on any atom is -0.326 e. The van der Waals surface area contributed by atoms with Crippen molar-refractivity contribution in [2.45, 2.75) is 45.6 Å². The molecule has 152 valence electrons. The zero-order chi connectivity index (χ0) is 20.5. The van der Waals surface area contributed by atoms with Gasteiger partial charge in [-0.25, -0.2) is 4.68 Å². The second-order valence-corrected chi connectivity index (χ2v) is 7.84. The SMILES string of the molecule is CCCCn1nccc1NC(=O)c1cccc(NC(=O)CCCc2cccs2)c1. The highest BCUT2D eigenvalue weighted by atomic mass is 32.1. The van der Waals surface area contributed by atoms with Crippen molar-refractivity contribution in [1.82, 2.24) is 9.78 Å². The van der Waals surface area contributed by atoms with E-state index in [1.807, 2.05) is 11.4 Å². The summed E-state index contributed by atoms with van der Waals surface area (Å²) in [6, 6.07) is 12.9. The lowest BCUT2D eigenvalue weighted by Crippen LogP contribution is -2.17. The largest absolute Gasteiger partial charge is 0.326 e. The van der Waals surface area contributed by atoms with Crippen LogP contribution < -0.4 is 10.6 Å². The average molecular weight is 411 g/mol. The van der Waals surface area contributed by atoms with Crippen LogP contribution in [0.4, 0.5) is 11.5 Å². The van der Waals surface area contributed by atoms with E-state index in [1.165, 1.54) is 4.88 Å². The number of hydrogen-bond acceptors (Lipinski definition) is 4. The minimum atomic E-state index is -0.225. The van der Waals surface area contributed by atoms with Crippen LogP contribution in [0.5, 0.6) is 0 Å². The van der Waals surface area contributed by atoms with Crippen molar-refractivity contribution >= 4 is 34.7 Å². The predicted octanol–water partition coefficient (Wildman–Crippen LogP) is 4.96. The van der Waals surface area contributed by atoms with Crippen molar-refractivity contribution in [3.05, 3.63) is 64.5 Å². The van der Waals surface area contributed by atoms with E-state index in [9.17, 15) is 9.59 Å². The fourth-order valence-corrected chi connectivity index (χ4v) is 3.70. The summed E-state index contributed by atoms with van der Waals surface area (Å²) in [5, 5.41) is 12.1. The second kappa shape index (κ2) is 10.6. The summed E-state index contributed by atoms with van der Waals surface area (Å²) in [5.41, 5.74) is 1.11. The molecule has 3 aromatic rings. The first-order chi connectivity index (χ1) is 14.2. The summed E-state index contributed by atoms with van der Waals surface area (Å²) in [7, 11) is 0. The summed E-state index contributed by atoms with van der Waals surface area (Å²) < 4.78 is 1.79. The molecule has 29 heavy (non-hydrogen) atoms. The number of rotatable bonds is 10. The summed E-state index contributed by atoms with van der Waals surface area (Å²) in [6.45, 7) is 2.88. The van der Waals surface area contributed by atoms with Crippen LogP contribution in [-0.4, -0.2) is 21.6 Å². The molecule has 0 aliphatic rings. The first-order valence-electron chi connectivity index (χ1n) is 9.91. The van der Waals surface area contributed by atoms with Crippen LogP contribution in [0, 0.1) is 0 Å². The Balaban J connectivity index is 1.53. The molecule has 0 fully saturated rings. The number of aryl methyl sites for hydroxylation is 2. The van der Waals surface area contributed by atoms with Crippen LogP contribution in [0.25, 0.3) is 0 Å². The fraction of sp³-hybridized carbons (Fsp3) is 0.318. The number of amides is 2. The zero-order valence-corrected chi connectivity index (χ0v) is 17.4. The number of thiophene rings is 1. The molecule has 0 unspecified atom stereocenters. The monoisotopic (exact) mass is 410 g/mol. The van der Waals surface area contributed by atoms with Crippen molar-refractivity contribution in [3.63, 3.8) is 0 Å². The van der Waals surface area contributed by atoms with Gasteiger partial charge in [0.05, 0.1) is 6.20 Å². The molecule has 2 amide bonds. The van der Waals surface area contributed by atoms with Crippen molar-refractivity contribution in [2.75, 3.05) is 10.6 Å². The molecule has 3 rings (SSSR count). The third-order valence-corrected chi connectivity index (χ3v) is 5.43. The second-order valence-electron chi connectivity index (χ2n) is 6.81. The van der Waals surface area contributed by atoms with Gasteiger partial charge < -0.3 is 10.6 Å². The van der Waals surface area contributed by atoms with Gasteiger partial charge in [0, 0.05) is 35.2 Å². The van der Waals surface area contributed by atoms with Gasteiger partial charge in [-0.2, -0.15) is 5.10 Å². The topological polar surface area (TPSA) is 76.0 Å². The van der Waals surface area contributed by atoms with Crippen LogP contribution in [0.1, 0.15) is 47.8 Å². The van der Waals surface area contributed by atoms with E-state index in [0.717, 1.165) is 32.2 Å². The van der Waals surface area contributed by atoms with E-state index in [4.69, 9.17) is 0 Å². The molecule has 0 spiro atoms. The zero-order valence-electron chi connectivity index (χ0n) is 16.6. The number of anilines is 2. The summed E-state index contributed by atoms with van der Waals surface area (Å²) in [6.07, 6.45) is 5.89. The van der Waals surface area contributed by atoms with Crippen LogP contribution in [0.2, 0.25) is 0 Å². The first-order valence-corrected chi connectivity index (χ1v) is 10.8. The van der Waals surface area contributed by atoms with Gasteiger partial charge in [-0.3, -0.25) is 9.59 Å². The number of nitrogens with one attached hydrogen (secondary N) is 2. The molecule has 0 atom stereocenters. The smallest absolute Gasteiger partial charge is 0.256 e. The number of benzene rings is 1. The number of carbonyl (C=O) groups is 2. The van der Waals surface area contributed by atoms with Gasteiger partial charge in [-0.05, 0) is 48.9 Å². The third kappa shape index (κ3) is 6.29. The van der Waals surface area contributed by atoms with Gasteiger partial charge in [0.25, 0.3) is 5.91 Å². The van der Waals surface area contributed by atoms with Gasteiger partial charge in [-0.1, -0.05) is 25.5 Å². The lowest BCUT2D eigenvalue weighted by molar-refractivity contribution is -0.116. The molecule has 0 radical (unpaired) electrons. The molecule has 0 saturated carbocycles. The van der Waals surface area contributed by atoms with E-state index in [0.29, 0.717) is 23.5 Å². The molecule has 0 saturated heterocycles. The Morgan fingerprint density at radius 2 is 2.00 bits per heavy atom. The van der Waals surface area contributed by atoms with E-state index in [2.05, 4.69) is 28.7 Å². The molecule has 0 bridgehead atoms. The minimum absolute atomic E-state index is 0.0447. The number of unbranched alkanes of at least 4 members (excludes halogenated alkanes) is 1.